The normalized spacial score (nSPS) is 21.4. The fourth-order valence-corrected chi connectivity index (χ4v) is 3.65. The summed E-state index contributed by atoms with van der Waals surface area (Å²) in [6.45, 7) is 2.16. The molecule has 1 amide bonds. The Hall–Kier alpha value is -2.25. The minimum atomic E-state index is -0.498. The lowest BCUT2D eigenvalue weighted by molar-refractivity contribution is -0.118. The number of pyridine rings is 1. The summed E-state index contributed by atoms with van der Waals surface area (Å²) in [5, 5.41) is 16.4. The van der Waals surface area contributed by atoms with E-state index in [1.807, 2.05) is 13.1 Å². The number of aliphatic hydroxyl groups excluding tert-OH is 1. The molecule has 0 unspecified atom stereocenters. The molecule has 1 fully saturated rings. The zero-order valence-electron chi connectivity index (χ0n) is 15.4. The molecule has 0 bridgehead atoms. The maximum Gasteiger partial charge on any atom is 0.242 e. The third kappa shape index (κ3) is 3.94. The van der Waals surface area contributed by atoms with E-state index in [0.29, 0.717) is 5.82 Å². The van der Waals surface area contributed by atoms with Crippen LogP contribution >= 0.6 is 0 Å². The van der Waals surface area contributed by atoms with Gasteiger partial charge in [0.25, 0.3) is 0 Å². The maximum atomic E-state index is 12.4. The van der Waals surface area contributed by atoms with Gasteiger partial charge in [0.15, 0.2) is 0 Å². The average molecular weight is 357 g/mol. The number of hydrogen-bond acceptors (Lipinski definition) is 5. The van der Waals surface area contributed by atoms with Crippen molar-refractivity contribution in [3.63, 3.8) is 0 Å². The lowest BCUT2D eigenvalue weighted by atomic mass is 9.79. The van der Waals surface area contributed by atoms with E-state index in [1.165, 1.54) is 0 Å². The van der Waals surface area contributed by atoms with Crippen LogP contribution in [-0.2, 0) is 18.4 Å². The highest BCUT2D eigenvalue weighted by Crippen LogP contribution is 2.30. The number of nitrogens with one attached hydrogen (secondary N) is 1. The molecule has 0 spiro atoms. The van der Waals surface area contributed by atoms with Crippen molar-refractivity contribution in [1.29, 1.82) is 0 Å². The molecule has 0 saturated heterocycles. The van der Waals surface area contributed by atoms with Crippen LogP contribution in [0, 0.1) is 11.8 Å². The summed E-state index contributed by atoms with van der Waals surface area (Å²) in [4.78, 5) is 16.8. The topological polar surface area (TPSA) is 106 Å². The molecule has 2 heterocycles. The van der Waals surface area contributed by atoms with Gasteiger partial charge in [0.2, 0.25) is 5.91 Å². The quantitative estimate of drug-likeness (QED) is 0.759. The number of aromatic nitrogens is 3. The SMILES string of the molecule is CC1CCC([C@H](N)C(=O)Nc2ccc(-c3c(CO)cnn3C)cn2)CC1. The van der Waals surface area contributed by atoms with E-state index in [-0.39, 0.29) is 18.4 Å². The van der Waals surface area contributed by atoms with Gasteiger partial charge in [0.05, 0.1) is 24.5 Å². The van der Waals surface area contributed by atoms with Gasteiger partial charge in [-0.05, 0) is 36.8 Å². The largest absolute Gasteiger partial charge is 0.392 e. The summed E-state index contributed by atoms with van der Waals surface area (Å²) in [5.41, 5.74) is 8.55. The van der Waals surface area contributed by atoms with Gasteiger partial charge in [0, 0.05) is 24.4 Å². The molecule has 0 radical (unpaired) electrons. The number of anilines is 1. The van der Waals surface area contributed by atoms with Gasteiger partial charge in [-0.1, -0.05) is 19.8 Å². The number of amides is 1. The number of carbonyl (C=O) groups is 1. The molecule has 1 saturated carbocycles. The van der Waals surface area contributed by atoms with Crippen LogP contribution in [0.4, 0.5) is 5.82 Å². The molecule has 140 valence electrons. The number of nitrogens with zero attached hydrogens (tertiary/aromatic N) is 3. The third-order valence-electron chi connectivity index (χ3n) is 5.34. The summed E-state index contributed by atoms with van der Waals surface area (Å²) in [7, 11) is 1.81. The Morgan fingerprint density at radius 2 is 2.08 bits per heavy atom. The molecule has 2 aromatic heterocycles. The minimum Gasteiger partial charge on any atom is -0.392 e. The van der Waals surface area contributed by atoms with E-state index in [4.69, 9.17) is 5.73 Å². The van der Waals surface area contributed by atoms with Crippen molar-refractivity contribution in [2.45, 2.75) is 45.3 Å². The number of carbonyl (C=O) groups excluding carboxylic acids is 1. The van der Waals surface area contributed by atoms with Crippen LogP contribution in [0.3, 0.4) is 0 Å². The molecule has 3 rings (SSSR count). The Morgan fingerprint density at radius 1 is 1.35 bits per heavy atom. The number of hydrogen-bond donors (Lipinski definition) is 3. The summed E-state index contributed by atoms with van der Waals surface area (Å²) in [5.74, 6) is 1.27. The first-order chi connectivity index (χ1) is 12.5. The van der Waals surface area contributed by atoms with Crippen molar-refractivity contribution in [3.8, 4) is 11.3 Å². The van der Waals surface area contributed by atoms with Crippen molar-refractivity contribution >= 4 is 11.7 Å². The molecule has 4 N–H and O–H groups in total. The van der Waals surface area contributed by atoms with Gasteiger partial charge >= 0.3 is 0 Å². The number of rotatable bonds is 5. The summed E-state index contributed by atoms with van der Waals surface area (Å²) in [6, 6.07) is 3.10. The van der Waals surface area contributed by atoms with Crippen LogP contribution < -0.4 is 11.1 Å². The predicted molar refractivity (Wildman–Crippen MR) is 100 cm³/mol. The number of aliphatic hydroxyl groups is 1. The Labute approximate surface area is 153 Å². The number of aryl methyl sites for hydroxylation is 1. The molecule has 0 aromatic carbocycles. The van der Waals surface area contributed by atoms with Gasteiger partial charge < -0.3 is 16.2 Å². The predicted octanol–water partition coefficient (Wildman–Crippen LogP) is 2.07. The van der Waals surface area contributed by atoms with E-state index in [1.54, 1.807) is 23.1 Å². The molecule has 1 aliphatic rings. The first kappa shape index (κ1) is 18.5. The second-order valence-electron chi connectivity index (χ2n) is 7.27. The van der Waals surface area contributed by atoms with Crippen molar-refractivity contribution in [2.75, 3.05) is 5.32 Å². The second kappa shape index (κ2) is 7.97. The standard InChI is InChI=1S/C19H27N5O2/c1-12-3-5-13(6-4-12)17(20)19(26)23-16-8-7-14(9-21-16)18-15(11-25)10-22-24(18)2/h7-10,12-13,17,25H,3-6,11,20H2,1-2H3,(H,21,23,26)/t12?,13?,17-/m0/s1. The van der Waals surface area contributed by atoms with Crippen molar-refractivity contribution in [3.05, 3.63) is 30.1 Å². The highest BCUT2D eigenvalue weighted by atomic mass is 16.3. The Kier molecular flexibility index (Phi) is 5.68. The van der Waals surface area contributed by atoms with Gasteiger partial charge in [-0.15, -0.1) is 0 Å². The van der Waals surface area contributed by atoms with E-state index in [0.717, 1.165) is 48.4 Å². The van der Waals surface area contributed by atoms with E-state index >= 15 is 0 Å². The Balaban J connectivity index is 1.65. The molecule has 26 heavy (non-hydrogen) atoms. The minimum absolute atomic E-state index is 0.0868. The first-order valence-electron chi connectivity index (χ1n) is 9.14. The maximum absolute atomic E-state index is 12.4. The van der Waals surface area contributed by atoms with Crippen molar-refractivity contribution in [2.24, 2.45) is 24.6 Å². The zero-order valence-corrected chi connectivity index (χ0v) is 15.4. The molecule has 0 aliphatic heterocycles. The van der Waals surface area contributed by atoms with Gasteiger partial charge in [0.1, 0.15) is 5.82 Å². The summed E-state index contributed by atoms with van der Waals surface area (Å²) >= 11 is 0. The second-order valence-corrected chi connectivity index (χ2v) is 7.27. The van der Waals surface area contributed by atoms with E-state index < -0.39 is 6.04 Å². The molecule has 2 aromatic rings. The summed E-state index contributed by atoms with van der Waals surface area (Å²) < 4.78 is 1.70. The van der Waals surface area contributed by atoms with Crippen molar-refractivity contribution in [1.82, 2.24) is 14.8 Å². The molecule has 1 atom stereocenters. The fraction of sp³-hybridized carbons (Fsp3) is 0.526. The lowest BCUT2D eigenvalue weighted by Gasteiger charge is -2.29. The van der Waals surface area contributed by atoms with Gasteiger partial charge in [-0.25, -0.2) is 4.98 Å². The Bertz CT molecular complexity index is 748. The third-order valence-corrected chi connectivity index (χ3v) is 5.34. The van der Waals surface area contributed by atoms with E-state index in [2.05, 4.69) is 22.3 Å². The average Bonchev–Trinajstić information content (AvgIpc) is 3.03. The van der Waals surface area contributed by atoms with Crippen LogP contribution in [0.5, 0.6) is 0 Å². The van der Waals surface area contributed by atoms with Gasteiger partial charge in [-0.2, -0.15) is 5.10 Å². The molecular weight excluding hydrogens is 330 g/mol. The summed E-state index contributed by atoms with van der Waals surface area (Å²) in [6.07, 6.45) is 7.58. The fourth-order valence-electron chi connectivity index (χ4n) is 3.65. The molecule has 1 aliphatic carbocycles. The van der Waals surface area contributed by atoms with Crippen LogP contribution in [-0.4, -0.2) is 31.8 Å². The monoisotopic (exact) mass is 357 g/mol. The van der Waals surface area contributed by atoms with Crippen LogP contribution in [0.1, 0.15) is 38.2 Å². The molecule has 7 heteroatoms. The van der Waals surface area contributed by atoms with Crippen LogP contribution in [0.15, 0.2) is 24.5 Å². The van der Waals surface area contributed by atoms with E-state index in [9.17, 15) is 9.90 Å². The van der Waals surface area contributed by atoms with Crippen LogP contribution in [0.2, 0.25) is 0 Å². The molecular formula is C19H27N5O2. The number of nitrogens with two attached hydrogens (primary N) is 1. The highest BCUT2D eigenvalue weighted by Gasteiger charge is 2.28. The lowest BCUT2D eigenvalue weighted by Crippen LogP contribution is -2.43. The van der Waals surface area contributed by atoms with Crippen molar-refractivity contribution < 1.29 is 9.90 Å². The highest BCUT2D eigenvalue weighted by molar-refractivity contribution is 5.94. The Morgan fingerprint density at radius 3 is 2.69 bits per heavy atom. The first-order valence-corrected chi connectivity index (χ1v) is 9.14. The zero-order chi connectivity index (χ0) is 18.7. The van der Waals surface area contributed by atoms with Crippen LogP contribution in [0.25, 0.3) is 11.3 Å². The smallest absolute Gasteiger partial charge is 0.242 e. The van der Waals surface area contributed by atoms with Gasteiger partial charge in [-0.3, -0.25) is 9.48 Å². The molecule has 7 nitrogen and oxygen atoms in total.